The van der Waals surface area contributed by atoms with Crippen LogP contribution in [0.1, 0.15) is 18.1 Å². The molecule has 0 radical (unpaired) electrons. The maximum Gasteiger partial charge on any atom is 0.118 e. The molecule has 0 saturated heterocycles. The Labute approximate surface area is 83.7 Å². The first-order valence-electron chi connectivity index (χ1n) is 4.32. The Balaban J connectivity index is 2.92. The zero-order chi connectivity index (χ0) is 9.68. The van der Waals surface area contributed by atoms with Gasteiger partial charge in [-0.05, 0) is 29.7 Å². The molecule has 2 heteroatoms. The highest BCUT2D eigenvalue weighted by molar-refractivity contribution is 6.19. The summed E-state index contributed by atoms with van der Waals surface area (Å²) in [6.07, 6.45) is 4.67. The van der Waals surface area contributed by atoms with Crippen LogP contribution in [0.3, 0.4) is 0 Å². The Hall–Kier alpha value is -0.950. The molecule has 0 amide bonds. The van der Waals surface area contributed by atoms with Crippen LogP contribution in [0.25, 0.3) is 6.08 Å². The summed E-state index contributed by atoms with van der Waals surface area (Å²) in [5.41, 5.74) is 2.05. The van der Waals surface area contributed by atoms with Crippen molar-refractivity contribution in [2.45, 2.75) is 13.3 Å². The highest BCUT2D eigenvalue weighted by Crippen LogP contribution is 2.19. The Bertz CT molecular complexity index is 305. The fraction of sp³-hybridized carbons (Fsp3) is 0.273. The summed E-state index contributed by atoms with van der Waals surface area (Å²) >= 11 is 5.52. The second-order valence-corrected chi connectivity index (χ2v) is 3.11. The van der Waals surface area contributed by atoms with Crippen molar-refractivity contribution in [3.63, 3.8) is 0 Å². The fourth-order valence-electron chi connectivity index (χ4n) is 1.17. The van der Waals surface area contributed by atoms with E-state index in [1.807, 2.05) is 31.2 Å². The van der Waals surface area contributed by atoms with Crippen molar-refractivity contribution < 1.29 is 5.11 Å². The average molecular weight is 197 g/mol. The second-order valence-electron chi connectivity index (χ2n) is 2.80. The first kappa shape index (κ1) is 10.1. The van der Waals surface area contributed by atoms with Crippen LogP contribution in [0.2, 0.25) is 0 Å². The Morgan fingerprint density at radius 1 is 1.46 bits per heavy atom. The number of rotatable bonds is 3. The van der Waals surface area contributed by atoms with Crippen molar-refractivity contribution >= 4 is 17.7 Å². The highest BCUT2D eigenvalue weighted by atomic mass is 35.5. The van der Waals surface area contributed by atoms with E-state index >= 15 is 0 Å². The lowest BCUT2D eigenvalue weighted by Gasteiger charge is -2.02. The molecule has 0 spiro atoms. The molecule has 1 aromatic rings. The fourth-order valence-corrected chi connectivity index (χ4v) is 1.26. The van der Waals surface area contributed by atoms with Gasteiger partial charge in [0.25, 0.3) is 0 Å². The number of benzene rings is 1. The molecule has 0 heterocycles. The number of halogens is 1. The van der Waals surface area contributed by atoms with Gasteiger partial charge in [-0.1, -0.05) is 25.1 Å². The molecule has 1 rings (SSSR count). The van der Waals surface area contributed by atoms with Crippen LogP contribution in [0, 0.1) is 0 Å². The molecule has 1 aromatic carbocycles. The minimum atomic E-state index is 0.366. The Morgan fingerprint density at radius 3 is 2.85 bits per heavy atom. The molecule has 0 unspecified atom stereocenters. The van der Waals surface area contributed by atoms with E-state index < -0.39 is 0 Å². The molecule has 0 aliphatic rings. The molecule has 0 fully saturated rings. The smallest absolute Gasteiger partial charge is 0.118 e. The normalized spacial score (nSPS) is 10.9. The third-order valence-corrected chi connectivity index (χ3v) is 2.06. The predicted octanol–water partition coefficient (Wildman–Crippen LogP) is 3.21. The van der Waals surface area contributed by atoms with Crippen molar-refractivity contribution in [1.29, 1.82) is 0 Å². The lowest BCUT2D eigenvalue weighted by atomic mass is 10.1. The summed E-state index contributed by atoms with van der Waals surface area (Å²) in [7, 11) is 0. The molecular formula is C11H13ClO. The predicted molar refractivity (Wildman–Crippen MR) is 57.2 cm³/mol. The molecular weight excluding hydrogens is 184 g/mol. The van der Waals surface area contributed by atoms with E-state index in [0.717, 1.165) is 17.5 Å². The van der Waals surface area contributed by atoms with Crippen LogP contribution in [-0.4, -0.2) is 11.0 Å². The van der Waals surface area contributed by atoms with Crippen LogP contribution < -0.4 is 0 Å². The van der Waals surface area contributed by atoms with Crippen LogP contribution in [0.4, 0.5) is 0 Å². The van der Waals surface area contributed by atoms with Gasteiger partial charge in [0, 0.05) is 5.88 Å². The van der Waals surface area contributed by atoms with Gasteiger partial charge in [-0.25, -0.2) is 0 Å². The zero-order valence-electron chi connectivity index (χ0n) is 7.63. The van der Waals surface area contributed by atoms with Gasteiger partial charge < -0.3 is 5.11 Å². The van der Waals surface area contributed by atoms with Gasteiger partial charge in [0.1, 0.15) is 5.75 Å². The summed E-state index contributed by atoms with van der Waals surface area (Å²) in [5.74, 6) is 0.882. The number of aromatic hydroxyl groups is 1. The molecule has 13 heavy (non-hydrogen) atoms. The molecule has 0 atom stereocenters. The monoisotopic (exact) mass is 196 g/mol. The van der Waals surface area contributed by atoms with E-state index in [0.29, 0.717) is 11.6 Å². The number of allylic oxidation sites excluding steroid dienone is 1. The van der Waals surface area contributed by atoms with Crippen LogP contribution >= 0.6 is 11.6 Å². The van der Waals surface area contributed by atoms with Crippen molar-refractivity contribution in [1.82, 2.24) is 0 Å². The van der Waals surface area contributed by atoms with Crippen LogP contribution in [0.5, 0.6) is 5.75 Å². The summed E-state index contributed by atoms with van der Waals surface area (Å²) < 4.78 is 0. The minimum absolute atomic E-state index is 0.366. The van der Waals surface area contributed by atoms with Gasteiger partial charge in [0.15, 0.2) is 0 Å². The number of aryl methyl sites for hydroxylation is 1. The number of hydrogen-bond acceptors (Lipinski definition) is 1. The van der Waals surface area contributed by atoms with Crippen LogP contribution in [-0.2, 0) is 6.42 Å². The second kappa shape index (κ2) is 4.93. The molecule has 1 nitrogen and oxygen atoms in total. The molecule has 0 bridgehead atoms. The summed E-state index contributed by atoms with van der Waals surface area (Å²) in [5, 5.41) is 9.41. The first-order valence-corrected chi connectivity index (χ1v) is 4.85. The topological polar surface area (TPSA) is 20.2 Å². The lowest BCUT2D eigenvalue weighted by Crippen LogP contribution is -1.82. The molecule has 0 aliphatic heterocycles. The number of phenolic OH excluding ortho intramolecular Hbond substituents is 1. The minimum Gasteiger partial charge on any atom is -0.508 e. The lowest BCUT2D eigenvalue weighted by molar-refractivity contribution is 0.469. The van der Waals surface area contributed by atoms with Gasteiger partial charge in [-0.3, -0.25) is 0 Å². The van der Waals surface area contributed by atoms with Crippen molar-refractivity contribution in [2.75, 3.05) is 5.88 Å². The van der Waals surface area contributed by atoms with Crippen molar-refractivity contribution in [2.24, 2.45) is 0 Å². The van der Waals surface area contributed by atoms with Crippen molar-refractivity contribution in [3.05, 3.63) is 35.4 Å². The van der Waals surface area contributed by atoms with Gasteiger partial charge in [-0.2, -0.15) is 0 Å². The maximum atomic E-state index is 9.41. The van der Waals surface area contributed by atoms with E-state index in [4.69, 9.17) is 11.6 Å². The summed E-state index contributed by atoms with van der Waals surface area (Å²) in [6.45, 7) is 2.02. The molecule has 70 valence electrons. The number of hydrogen-bond donors (Lipinski definition) is 1. The molecule has 0 aromatic heterocycles. The largest absolute Gasteiger partial charge is 0.508 e. The average Bonchev–Trinajstić information content (AvgIpc) is 2.16. The maximum absolute atomic E-state index is 9.41. The van der Waals surface area contributed by atoms with E-state index in [2.05, 4.69) is 0 Å². The van der Waals surface area contributed by atoms with Gasteiger partial charge in [0.05, 0.1) is 0 Å². The van der Waals surface area contributed by atoms with E-state index in [-0.39, 0.29) is 0 Å². The molecule has 1 N–H and O–H groups in total. The first-order chi connectivity index (χ1) is 6.27. The van der Waals surface area contributed by atoms with Crippen molar-refractivity contribution in [3.8, 4) is 5.75 Å². The molecule has 0 saturated carbocycles. The van der Waals surface area contributed by atoms with E-state index in [9.17, 15) is 5.11 Å². The highest BCUT2D eigenvalue weighted by Gasteiger charge is 1.97. The van der Waals surface area contributed by atoms with Gasteiger partial charge >= 0.3 is 0 Å². The molecule has 0 aliphatic carbocycles. The summed E-state index contributed by atoms with van der Waals surface area (Å²) in [4.78, 5) is 0. The van der Waals surface area contributed by atoms with Crippen LogP contribution in [0.15, 0.2) is 24.3 Å². The zero-order valence-corrected chi connectivity index (χ0v) is 8.38. The van der Waals surface area contributed by atoms with Gasteiger partial charge in [-0.15, -0.1) is 11.6 Å². The SMILES string of the molecule is CCc1cc(C=CCCl)ccc1O. The Morgan fingerprint density at radius 2 is 2.23 bits per heavy atom. The number of alkyl halides is 1. The Kier molecular flexibility index (Phi) is 3.84. The van der Waals surface area contributed by atoms with E-state index in [1.54, 1.807) is 6.07 Å². The third-order valence-electron chi connectivity index (χ3n) is 1.88. The quantitative estimate of drug-likeness (QED) is 0.737. The van der Waals surface area contributed by atoms with Gasteiger partial charge in [0.2, 0.25) is 0 Å². The third kappa shape index (κ3) is 2.78. The number of phenols is 1. The summed E-state index contributed by atoms with van der Waals surface area (Å²) in [6, 6.07) is 5.56. The standard InChI is InChI=1S/C11H13ClO/c1-2-10-8-9(4-3-7-12)5-6-11(10)13/h3-6,8,13H,2,7H2,1H3. The van der Waals surface area contributed by atoms with E-state index in [1.165, 1.54) is 0 Å².